The van der Waals surface area contributed by atoms with Gasteiger partial charge in [-0.25, -0.2) is 0 Å². The van der Waals surface area contributed by atoms with Gasteiger partial charge in [-0.2, -0.15) is 0 Å². The van der Waals surface area contributed by atoms with E-state index in [1.54, 1.807) is 0 Å². The van der Waals surface area contributed by atoms with Crippen molar-refractivity contribution in [2.75, 3.05) is 45.9 Å². The number of aryl methyl sites for hydroxylation is 1. The number of ether oxygens (including phenoxy) is 1. The zero-order valence-corrected chi connectivity index (χ0v) is 21.0. The van der Waals surface area contributed by atoms with Crippen molar-refractivity contribution in [3.05, 3.63) is 83.4 Å². The zero-order valence-electron chi connectivity index (χ0n) is 21.0. The van der Waals surface area contributed by atoms with E-state index >= 15 is 0 Å². The van der Waals surface area contributed by atoms with Crippen LogP contribution in [0.5, 0.6) is 0 Å². The molecule has 2 aliphatic heterocycles. The first-order chi connectivity index (χ1) is 17.6. The van der Waals surface area contributed by atoms with Gasteiger partial charge in [0.25, 0.3) is 5.91 Å². The molecular weight excluding hydrogens is 450 g/mol. The standard InChI is InChI=1S/C30H35N3O3/c1-22-6-4-9-25(20-22)28(32-16-18-36-19-17-32)21-31-29(34)24-12-14-33(15-13-24)30(35)27-11-5-8-23-7-2-3-10-26(23)27/h2-11,20,24,28H,12-19,21H2,1H3,(H,31,34). The number of fused-ring (bicyclic) bond motifs is 1. The maximum Gasteiger partial charge on any atom is 0.254 e. The largest absolute Gasteiger partial charge is 0.379 e. The van der Waals surface area contributed by atoms with Gasteiger partial charge in [0.1, 0.15) is 0 Å². The fourth-order valence-corrected chi connectivity index (χ4v) is 5.49. The average Bonchev–Trinajstić information content (AvgIpc) is 2.93. The maximum atomic E-state index is 13.3. The molecule has 2 saturated heterocycles. The SMILES string of the molecule is Cc1cccc(C(CNC(=O)C2CCN(C(=O)c3cccc4ccccc34)CC2)N2CCOCC2)c1. The second kappa shape index (κ2) is 11.2. The van der Waals surface area contributed by atoms with Crippen LogP contribution in [0.1, 0.15) is 40.4 Å². The third-order valence-electron chi connectivity index (χ3n) is 7.56. The molecule has 2 fully saturated rings. The lowest BCUT2D eigenvalue weighted by Gasteiger charge is -2.36. The Bertz CT molecular complexity index is 1210. The summed E-state index contributed by atoms with van der Waals surface area (Å²) in [6, 6.07) is 22.5. The molecule has 1 atom stereocenters. The summed E-state index contributed by atoms with van der Waals surface area (Å²) < 4.78 is 5.55. The van der Waals surface area contributed by atoms with Crippen LogP contribution in [-0.2, 0) is 9.53 Å². The maximum absolute atomic E-state index is 13.3. The van der Waals surface area contributed by atoms with Crippen molar-refractivity contribution in [2.45, 2.75) is 25.8 Å². The molecule has 0 aliphatic carbocycles. The number of hydrogen-bond acceptors (Lipinski definition) is 4. The zero-order chi connectivity index (χ0) is 24.9. The van der Waals surface area contributed by atoms with Crippen molar-refractivity contribution < 1.29 is 14.3 Å². The van der Waals surface area contributed by atoms with Gasteiger partial charge in [-0.1, -0.05) is 66.2 Å². The Kier molecular flexibility index (Phi) is 7.63. The molecule has 0 bridgehead atoms. The number of carbonyl (C=O) groups is 2. The third kappa shape index (κ3) is 5.45. The van der Waals surface area contributed by atoms with Crippen LogP contribution in [0.3, 0.4) is 0 Å². The first-order valence-corrected chi connectivity index (χ1v) is 13.0. The molecule has 1 unspecified atom stereocenters. The molecule has 3 aromatic rings. The number of likely N-dealkylation sites (tertiary alicyclic amines) is 1. The molecule has 0 radical (unpaired) electrons. The van der Waals surface area contributed by atoms with Crippen LogP contribution in [0.15, 0.2) is 66.7 Å². The highest BCUT2D eigenvalue weighted by Gasteiger charge is 2.30. The number of nitrogens with one attached hydrogen (secondary N) is 1. The van der Waals surface area contributed by atoms with Gasteiger partial charge in [0.15, 0.2) is 0 Å². The van der Waals surface area contributed by atoms with Crippen molar-refractivity contribution in [2.24, 2.45) is 5.92 Å². The summed E-state index contributed by atoms with van der Waals surface area (Å²) in [5.41, 5.74) is 3.19. The normalized spacial score (nSPS) is 18.2. The monoisotopic (exact) mass is 485 g/mol. The number of morpholine rings is 1. The van der Waals surface area contributed by atoms with E-state index in [9.17, 15) is 9.59 Å². The van der Waals surface area contributed by atoms with E-state index in [0.29, 0.717) is 32.5 Å². The summed E-state index contributed by atoms with van der Waals surface area (Å²) in [4.78, 5) is 30.7. The van der Waals surface area contributed by atoms with Crippen molar-refractivity contribution >= 4 is 22.6 Å². The second-order valence-corrected chi connectivity index (χ2v) is 9.92. The molecular formula is C30H35N3O3. The van der Waals surface area contributed by atoms with Crippen LogP contribution in [0, 0.1) is 12.8 Å². The van der Waals surface area contributed by atoms with Crippen LogP contribution in [0.2, 0.25) is 0 Å². The topological polar surface area (TPSA) is 61.9 Å². The Morgan fingerprint density at radius 1 is 0.944 bits per heavy atom. The van der Waals surface area contributed by atoms with Gasteiger partial charge in [-0.3, -0.25) is 14.5 Å². The first kappa shape index (κ1) is 24.5. The number of amides is 2. The van der Waals surface area contributed by atoms with E-state index in [1.165, 1.54) is 11.1 Å². The Morgan fingerprint density at radius 3 is 2.44 bits per heavy atom. The number of nitrogens with zero attached hydrogens (tertiary/aromatic N) is 2. The Hall–Kier alpha value is -3.22. The molecule has 2 amide bonds. The molecule has 3 aromatic carbocycles. The van der Waals surface area contributed by atoms with Crippen LogP contribution >= 0.6 is 0 Å². The molecule has 5 rings (SSSR count). The smallest absolute Gasteiger partial charge is 0.254 e. The molecule has 36 heavy (non-hydrogen) atoms. The molecule has 0 spiro atoms. The first-order valence-electron chi connectivity index (χ1n) is 13.0. The second-order valence-electron chi connectivity index (χ2n) is 9.92. The molecule has 6 nitrogen and oxygen atoms in total. The van der Waals surface area contributed by atoms with Gasteiger partial charge in [0.05, 0.1) is 19.3 Å². The van der Waals surface area contributed by atoms with Gasteiger partial charge in [-0.15, -0.1) is 0 Å². The Morgan fingerprint density at radius 2 is 1.67 bits per heavy atom. The minimum absolute atomic E-state index is 0.0532. The Labute approximate surface area is 213 Å². The van der Waals surface area contributed by atoms with E-state index in [-0.39, 0.29) is 23.8 Å². The lowest BCUT2D eigenvalue weighted by atomic mass is 9.94. The van der Waals surface area contributed by atoms with Gasteiger partial charge < -0.3 is 15.0 Å². The lowest BCUT2D eigenvalue weighted by molar-refractivity contribution is -0.126. The minimum Gasteiger partial charge on any atom is -0.379 e. The summed E-state index contributed by atoms with van der Waals surface area (Å²) in [6.45, 7) is 7.06. The predicted molar refractivity (Wildman–Crippen MR) is 142 cm³/mol. The van der Waals surface area contributed by atoms with Crippen LogP contribution in [0.4, 0.5) is 0 Å². The summed E-state index contributed by atoms with van der Waals surface area (Å²) in [6.07, 6.45) is 1.38. The summed E-state index contributed by atoms with van der Waals surface area (Å²) in [5.74, 6) is 0.0834. The molecule has 1 N–H and O–H groups in total. The lowest BCUT2D eigenvalue weighted by Crippen LogP contribution is -2.46. The van der Waals surface area contributed by atoms with Gasteiger partial charge in [-0.05, 0) is 42.2 Å². The summed E-state index contributed by atoms with van der Waals surface area (Å²) in [7, 11) is 0. The average molecular weight is 486 g/mol. The van der Waals surface area contributed by atoms with E-state index < -0.39 is 0 Å². The van der Waals surface area contributed by atoms with Crippen molar-refractivity contribution in [1.29, 1.82) is 0 Å². The van der Waals surface area contributed by atoms with Crippen molar-refractivity contribution in [1.82, 2.24) is 15.1 Å². The van der Waals surface area contributed by atoms with E-state index in [2.05, 4.69) is 41.4 Å². The third-order valence-corrected chi connectivity index (χ3v) is 7.56. The number of hydrogen-bond donors (Lipinski definition) is 1. The molecule has 2 aliphatic rings. The quantitative estimate of drug-likeness (QED) is 0.569. The highest BCUT2D eigenvalue weighted by atomic mass is 16.5. The van der Waals surface area contributed by atoms with Gasteiger partial charge >= 0.3 is 0 Å². The molecule has 6 heteroatoms. The number of benzene rings is 3. The fourth-order valence-electron chi connectivity index (χ4n) is 5.49. The van der Waals surface area contributed by atoms with Crippen LogP contribution in [-0.4, -0.2) is 67.6 Å². The fraction of sp³-hybridized carbons (Fsp3) is 0.400. The minimum atomic E-state index is -0.0654. The highest BCUT2D eigenvalue weighted by Crippen LogP contribution is 2.25. The van der Waals surface area contributed by atoms with Crippen LogP contribution < -0.4 is 5.32 Å². The number of rotatable bonds is 6. The predicted octanol–water partition coefficient (Wildman–Crippen LogP) is 4.19. The number of piperidine rings is 1. The molecule has 2 heterocycles. The van der Waals surface area contributed by atoms with Crippen molar-refractivity contribution in [3.63, 3.8) is 0 Å². The van der Waals surface area contributed by atoms with E-state index in [0.717, 1.165) is 42.6 Å². The molecule has 0 aromatic heterocycles. The van der Waals surface area contributed by atoms with E-state index in [1.807, 2.05) is 47.4 Å². The highest BCUT2D eigenvalue weighted by molar-refractivity contribution is 6.07. The molecule has 188 valence electrons. The molecule has 0 saturated carbocycles. The summed E-state index contributed by atoms with van der Waals surface area (Å²) in [5, 5.41) is 5.29. The van der Waals surface area contributed by atoms with Crippen LogP contribution in [0.25, 0.3) is 10.8 Å². The van der Waals surface area contributed by atoms with Gasteiger partial charge in [0, 0.05) is 44.2 Å². The van der Waals surface area contributed by atoms with Gasteiger partial charge in [0.2, 0.25) is 5.91 Å². The number of carbonyl (C=O) groups excluding carboxylic acids is 2. The summed E-state index contributed by atoms with van der Waals surface area (Å²) >= 11 is 0. The van der Waals surface area contributed by atoms with Crippen molar-refractivity contribution in [3.8, 4) is 0 Å². The van der Waals surface area contributed by atoms with E-state index in [4.69, 9.17) is 4.74 Å². The Balaban J connectivity index is 1.19.